The summed E-state index contributed by atoms with van der Waals surface area (Å²) >= 11 is 6.11. The van der Waals surface area contributed by atoms with E-state index in [4.69, 9.17) is 22.1 Å². The maximum absolute atomic E-state index is 12.5. The van der Waals surface area contributed by atoms with E-state index in [1.165, 1.54) is 0 Å². The lowest BCUT2D eigenvalue weighted by atomic mass is 9.92. The number of para-hydroxylation sites is 1. The number of nitrogens with one attached hydrogen (secondary N) is 1. The van der Waals surface area contributed by atoms with Gasteiger partial charge in [0.15, 0.2) is 0 Å². The zero-order valence-corrected chi connectivity index (χ0v) is 14.7. The Hall–Kier alpha value is -2.04. The molecule has 2 atom stereocenters. The van der Waals surface area contributed by atoms with Gasteiger partial charge in [-0.2, -0.15) is 0 Å². The minimum atomic E-state index is -1.09. The molecule has 0 aliphatic heterocycles. The average molecular weight is 347 g/mol. The highest BCUT2D eigenvalue weighted by atomic mass is 35.5. The van der Waals surface area contributed by atoms with Crippen molar-refractivity contribution in [1.29, 1.82) is 0 Å². The van der Waals surface area contributed by atoms with E-state index in [0.717, 1.165) is 12.0 Å². The van der Waals surface area contributed by atoms with Crippen LogP contribution in [-0.4, -0.2) is 18.6 Å². The van der Waals surface area contributed by atoms with Crippen molar-refractivity contribution in [2.75, 3.05) is 6.54 Å². The van der Waals surface area contributed by atoms with E-state index in [-0.39, 0.29) is 12.0 Å². The van der Waals surface area contributed by atoms with Crippen molar-refractivity contribution in [2.24, 2.45) is 5.73 Å². The maximum Gasteiger partial charge on any atom is 0.244 e. The highest BCUT2D eigenvalue weighted by molar-refractivity contribution is 6.32. The van der Waals surface area contributed by atoms with Crippen molar-refractivity contribution in [3.05, 3.63) is 65.2 Å². The summed E-state index contributed by atoms with van der Waals surface area (Å²) < 4.78 is 5.88. The Bertz CT molecular complexity index is 674. The monoisotopic (exact) mass is 346 g/mol. The maximum atomic E-state index is 12.5. The highest BCUT2D eigenvalue weighted by Crippen LogP contribution is 2.24. The molecule has 2 unspecified atom stereocenters. The molecule has 0 saturated carbocycles. The fraction of sp³-hybridized carbons (Fsp3) is 0.316. The molecule has 2 aromatic rings. The number of rotatable bonds is 7. The number of benzene rings is 2. The van der Waals surface area contributed by atoms with Crippen LogP contribution in [0.5, 0.6) is 5.75 Å². The molecular formula is C19H23ClN2O2. The molecule has 0 saturated heterocycles. The Kier molecular flexibility index (Phi) is 6.23. The number of nitrogens with two attached hydrogens (primary N) is 1. The molecule has 1 amide bonds. The van der Waals surface area contributed by atoms with E-state index in [1.807, 2.05) is 55.5 Å². The van der Waals surface area contributed by atoms with Gasteiger partial charge in [0.05, 0.1) is 11.6 Å². The second kappa shape index (κ2) is 8.18. The third kappa shape index (κ3) is 4.49. The second-order valence-corrected chi connectivity index (χ2v) is 6.26. The Morgan fingerprint density at radius 3 is 2.46 bits per heavy atom. The van der Waals surface area contributed by atoms with E-state index in [9.17, 15) is 4.79 Å². The van der Waals surface area contributed by atoms with Gasteiger partial charge in [-0.25, -0.2) is 0 Å². The van der Waals surface area contributed by atoms with Gasteiger partial charge >= 0.3 is 0 Å². The smallest absolute Gasteiger partial charge is 0.244 e. The standard InChI is InChI=1S/C19H23ClN2O2/c1-3-15(24-17-12-8-7-11-16(17)20)13-22-18(23)19(2,21)14-9-5-4-6-10-14/h4-12,15H,3,13,21H2,1-2H3,(H,22,23). The Labute approximate surface area is 148 Å². The number of carbonyl (C=O) groups excluding carboxylic acids is 1. The summed E-state index contributed by atoms with van der Waals surface area (Å²) in [6, 6.07) is 16.6. The predicted molar refractivity (Wildman–Crippen MR) is 97.2 cm³/mol. The number of amides is 1. The molecule has 5 heteroatoms. The van der Waals surface area contributed by atoms with Crippen LogP contribution in [0.3, 0.4) is 0 Å². The van der Waals surface area contributed by atoms with Crippen LogP contribution in [0.15, 0.2) is 54.6 Å². The molecule has 0 aliphatic rings. The number of halogens is 1. The van der Waals surface area contributed by atoms with Gasteiger partial charge in [0.25, 0.3) is 0 Å². The summed E-state index contributed by atoms with van der Waals surface area (Å²) in [4.78, 5) is 12.5. The van der Waals surface area contributed by atoms with Crippen LogP contribution in [-0.2, 0) is 10.3 Å². The largest absolute Gasteiger partial charge is 0.487 e. The van der Waals surface area contributed by atoms with Gasteiger partial charge in [0.1, 0.15) is 17.4 Å². The summed E-state index contributed by atoms with van der Waals surface area (Å²) in [5, 5.41) is 3.43. The zero-order valence-electron chi connectivity index (χ0n) is 14.0. The van der Waals surface area contributed by atoms with Crippen LogP contribution >= 0.6 is 11.6 Å². The minimum absolute atomic E-state index is 0.180. The van der Waals surface area contributed by atoms with Crippen LogP contribution in [0.4, 0.5) is 0 Å². The SMILES string of the molecule is CCC(CNC(=O)C(C)(N)c1ccccc1)Oc1ccccc1Cl. The van der Waals surface area contributed by atoms with Crippen LogP contribution in [0.1, 0.15) is 25.8 Å². The van der Waals surface area contributed by atoms with Crippen molar-refractivity contribution < 1.29 is 9.53 Å². The third-order valence-corrected chi connectivity index (χ3v) is 4.23. The van der Waals surface area contributed by atoms with Crippen molar-refractivity contribution >= 4 is 17.5 Å². The minimum Gasteiger partial charge on any atom is -0.487 e. The molecule has 2 rings (SSSR count). The first kappa shape index (κ1) is 18.3. The molecule has 2 aromatic carbocycles. The van der Waals surface area contributed by atoms with E-state index < -0.39 is 5.54 Å². The third-order valence-electron chi connectivity index (χ3n) is 3.92. The van der Waals surface area contributed by atoms with E-state index in [2.05, 4.69) is 5.32 Å². The molecular weight excluding hydrogens is 324 g/mol. The lowest BCUT2D eigenvalue weighted by Gasteiger charge is -2.26. The zero-order chi connectivity index (χ0) is 17.6. The molecule has 24 heavy (non-hydrogen) atoms. The Morgan fingerprint density at radius 1 is 1.21 bits per heavy atom. The fourth-order valence-corrected chi connectivity index (χ4v) is 2.48. The molecule has 0 fully saturated rings. The molecule has 0 bridgehead atoms. The van der Waals surface area contributed by atoms with E-state index in [1.54, 1.807) is 13.0 Å². The molecule has 3 N–H and O–H groups in total. The number of carbonyl (C=O) groups is 1. The van der Waals surface area contributed by atoms with Gasteiger partial charge in [-0.15, -0.1) is 0 Å². The molecule has 0 aromatic heterocycles. The summed E-state index contributed by atoms with van der Waals surface area (Å²) in [5.41, 5.74) is 5.88. The number of hydrogen-bond acceptors (Lipinski definition) is 3. The first-order valence-electron chi connectivity index (χ1n) is 7.99. The van der Waals surface area contributed by atoms with Gasteiger partial charge in [0.2, 0.25) is 5.91 Å². The molecule has 0 heterocycles. The summed E-state index contributed by atoms with van der Waals surface area (Å²) in [6.45, 7) is 4.06. The lowest BCUT2D eigenvalue weighted by Crippen LogP contribution is -2.51. The molecule has 128 valence electrons. The topological polar surface area (TPSA) is 64.4 Å². The number of hydrogen-bond donors (Lipinski definition) is 2. The average Bonchev–Trinajstić information content (AvgIpc) is 2.60. The van der Waals surface area contributed by atoms with Gasteiger partial charge in [0, 0.05) is 0 Å². The molecule has 0 spiro atoms. The van der Waals surface area contributed by atoms with Crippen LogP contribution in [0, 0.1) is 0 Å². The van der Waals surface area contributed by atoms with E-state index in [0.29, 0.717) is 17.3 Å². The van der Waals surface area contributed by atoms with Gasteiger partial charge < -0.3 is 15.8 Å². The lowest BCUT2D eigenvalue weighted by molar-refractivity contribution is -0.126. The Morgan fingerprint density at radius 2 is 1.83 bits per heavy atom. The number of ether oxygens (including phenoxy) is 1. The second-order valence-electron chi connectivity index (χ2n) is 5.86. The van der Waals surface area contributed by atoms with Crippen LogP contribution in [0.2, 0.25) is 5.02 Å². The quantitative estimate of drug-likeness (QED) is 0.806. The van der Waals surface area contributed by atoms with E-state index >= 15 is 0 Å². The van der Waals surface area contributed by atoms with Crippen molar-refractivity contribution in [1.82, 2.24) is 5.32 Å². The fourth-order valence-electron chi connectivity index (χ4n) is 2.29. The van der Waals surface area contributed by atoms with Crippen molar-refractivity contribution in [3.63, 3.8) is 0 Å². The van der Waals surface area contributed by atoms with Crippen molar-refractivity contribution in [2.45, 2.75) is 31.9 Å². The summed E-state index contributed by atoms with van der Waals surface area (Å²) in [5.74, 6) is 0.369. The summed E-state index contributed by atoms with van der Waals surface area (Å²) in [6.07, 6.45) is 0.554. The first-order valence-corrected chi connectivity index (χ1v) is 8.36. The van der Waals surface area contributed by atoms with Crippen LogP contribution < -0.4 is 15.8 Å². The van der Waals surface area contributed by atoms with Gasteiger partial charge in [-0.1, -0.05) is 61.0 Å². The molecule has 0 aliphatic carbocycles. The van der Waals surface area contributed by atoms with Gasteiger partial charge in [-0.05, 0) is 31.0 Å². The van der Waals surface area contributed by atoms with Crippen molar-refractivity contribution in [3.8, 4) is 5.75 Å². The highest BCUT2D eigenvalue weighted by Gasteiger charge is 2.30. The van der Waals surface area contributed by atoms with Gasteiger partial charge in [-0.3, -0.25) is 4.79 Å². The normalized spacial score (nSPS) is 14.5. The Balaban J connectivity index is 1.97. The first-order chi connectivity index (χ1) is 11.4. The molecule has 4 nitrogen and oxygen atoms in total. The molecule has 0 radical (unpaired) electrons. The van der Waals surface area contributed by atoms with Crippen LogP contribution in [0.25, 0.3) is 0 Å². The predicted octanol–water partition coefficient (Wildman–Crippen LogP) is 3.49. The summed E-state index contributed by atoms with van der Waals surface area (Å²) in [7, 11) is 0.